The number of hydrogen-bond donors (Lipinski definition) is 1. The van der Waals surface area contributed by atoms with Gasteiger partial charge in [-0.1, -0.05) is 18.2 Å². The summed E-state index contributed by atoms with van der Waals surface area (Å²) in [4.78, 5) is 4.56. The molecule has 1 aromatic carbocycles. The predicted molar refractivity (Wildman–Crippen MR) is 63.2 cm³/mol. The standard InChI is InChI=1S/C12H13NO.ClH/c14-11-6-5-9-7-8-3-1-2-4-10(8)13-12(9)11;/h1-4,9,11,14H,5-7H2;1H. The van der Waals surface area contributed by atoms with E-state index in [2.05, 4.69) is 17.1 Å². The molecule has 1 aliphatic carbocycles. The number of hydrogen-bond acceptors (Lipinski definition) is 2. The van der Waals surface area contributed by atoms with Crippen LogP contribution in [0.2, 0.25) is 0 Å². The maximum absolute atomic E-state index is 9.72. The summed E-state index contributed by atoms with van der Waals surface area (Å²) in [5, 5.41) is 9.72. The number of para-hydroxylation sites is 1. The Hall–Kier alpha value is -0.860. The van der Waals surface area contributed by atoms with E-state index in [1.165, 1.54) is 5.56 Å². The van der Waals surface area contributed by atoms with Gasteiger partial charge >= 0.3 is 0 Å². The topological polar surface area (TPSA) is 32.6 Å². The zero-order chi connectivity index (χ0) is 9.54. The highest BCUT2D eigenvalue weighted by Crippen LogP contribution is 2.35. The number of halogens is 1. The highest BCUT2D eigenvalue weighted by Gasteiger charge is 2.33. The van der Waals surface area contributed by atoms with Crippen molar-refractivity contribution in [2.75, 3.05) is 0 Å². The molecule has 3 rings (SSSR count). The van der Waals surface area contributed by atoms with Crippen LogP contribution < -0.4 is 0 Å². The number of aliphatic imine (C=N–C) groups is 1. The molecule has 0 aromatic heterocycles. The Morgan fingerprint density at radius 1 is 1.20 bits per heavy atom. The molecule has 2 aliphatic rings. The van der Waals surface area contributed by atoms with Gasteiger partial charge in [-0.25, -0.2) is 0 Å². The fraction of sp³-hybridized carbons (Fsp3) is 0.417. The highest BCUT2D eigenvalue weighted by molar-refractivity contribution is 5.96. The second-order valence-corrected chi connectivity index (χ2v) is 4.16. The number of rotatable bonds is 0. The van der Waals surface area contributed by atoms with Crippen molar-refractivity contribution < 1.29 is 5.11 Å². The summed E-state index contributed by atoms with van der Waals surface area (Å²) in [7, 11) is 0. The summed E-state index contributed by atoms with van der Waals surface area (Å²) >= 11 is 0. The lowest BCUT2D eigenvalue weighted by atomic mass is 9.92. The van der Waals surface area contributed by atoms with Gasteiger partial charge in [0.2, 0.25) is 0 Å². The molecule has 2 unspecified atom stereocenters. The first kappa shape index (κ1) is 10.7. The normalized spacial score (nSPS) is 27.4. The molecule has 15 heavy (non-hydrogen) atoms. The van der Waals surface area contributed by atoms with Crippen molar-refractivity contribution in [1.29, 1.82) is 0 Å². The molecule has 1 fully saturated rings. The molecule has 1 saturated carbocycles. The van der Waals surface area contributed by atoms with Crippen molar-refractivity contribution in [3.05, 3.63) is 29.8 Å². The van der Waals surface area contributed by atoms with Crippen LogP contribution in [0.3, 0.4) is 0 Å². The van der Waals surface area contributed by atoms with E-state index in [-0.39, 0.29) is 18.5 Å². The molecule has 0 bridgehead atoms. The molecule has 0 saturated heterocycles. The van der Waals surface area contributed by atoms with Crippen LogP contribution in [0.25, 0.3) is 0 Å². The second kappa shape index (κ2) is 3.95. The third-order valence-corrected chi connectivity index (χ3v) is 3.26. The monoisotopic (exact) mass is 223 g/mol. The molecule has 1 aliphatic heterocycles. The van der Waals surface area contributed by atoms with E-state index in [4.69, 9.17) is 0 Å². The molecule has 0 amide bonds. The fourth-order valence-corrected chi connectivity index (χ4v) is 2.50. The Morgan fingerprint density at radius 3 is 2.87 bits per heavy atom. The largest absolute Gasteiger partial charge is 0.387 e. The molecule has 0 radical (unpaired) electrons. The van der Waals surface area contributed by atoms with Crippen LogP contribution in [-0.4, -0.2) is 16.9 Å². The Balaban J connectivity index is 0.000000853. The predicted octanol–water partition coefficient (Wildman–Crippen LogP) is 2.51. The lowest BCUT2D eigenvalue weighted by Gasteiger charge is -2.19. The maximum Gasteiger partial charge on any atom is 0.0924 e. The molecule has 1 N–H and O–H groups in total. The molecule has 80 valence electrons. The van der Waals surface area contributed by atoms with Crippen molar-refractivity contribution >= 4 is 23.8 Å². The summed E-state index contributed by atoms with van der Waals surface area (Å²) in [6, 6.07) is 8.24. The van der Waals surface area contributed by atoms with Crippen molar-refractivity contribution in [2.24, 2.45) is 10.9 Å². The van der Waals surface area contributed by atoms with Crippen molar-refractivity contribution in [3.63, 3.8) is 0 Å². The minimum absolute atomic E-state index is 0. The van der Waals surface area contributed by atoms with Gasteiger partial charge in [0, 0.05) is 5.92 Å². The Morgan fingerprint density at radius 2 is 2.00 bits per heavy atom. The van der Waals surface area contributed by atoms with E-state index in [1.54, 1.807) is 0 Å². The van der Waals surface area contributed by atoms with Crippen LogP contribution in [0.15, 0.2) is 29.3 Å². The van der Waals surface area contributed by atoms with Gasteiger partial charge in [-0.2, -0.15) is 0 Å². The number of nitrogens with zero attached hydrogens (tertiary/aromatic N) is 1. The van der Waals surface area contributed by atoms with Crippen molar-refractivity contribution in [3.8, 4) is 0 Å². The van der Waals surface area contributed by atoms with Crippen LogP contribution in [-0.2, 0) is 6.42 Å². The summed E-state index contributed by atoms with van der Waals surface area (Å²) in [6.45, 7) is 0. The minimum Gasteiger partial charge on any atom is -0.387 e. The molecular weight excluding hydrogens is 210 g/mol. The minimum atomic E-state index is -0.284. The first-order chi connectivity index (χ1) is 6.84. The third kappa shape index (κ3) is 1.68. The second-order valence-electron chi connectivity index (χ2n) is 4.16. The zero-order valence-corrected chi connectivity index (χ0v) is 9.20. The summed E-state index contributed by atoms with van der Waals surface area (Å²) in [6.07, 6.45) is 2.76. The number of aliphatic hydroxyl groups excluding tert-OH is 1. The Kier molecular flexibility index (Phi) is 2.81. The SMILES string of the molecule is Cl.OC1CCC2Cc3ccccc3N=C12. The molecule has 1 aromatic rings. The van der Waals surface area contributed by atoms with E-state index in [0.717, 1.165) is 30.7 Å². The zero-order valence-electron chi connectivity index (χ0n) is 8.39. The van der Waals surface area contributed by atoms with Gasteiger partial charge in [0.15, 0.2) is 0 Å². The summed E-state index contributed by atoms with van der Waals surface area (Å²) in [5.41, 5.74) is 3.40. The van der Waals surface area contributed by atoms with Gasteiger partial charge < -0.3 is 5.11 Å². The number of benzene rings is 1. The summed E-state index contributed by atoms with van der Waals surface area (Å²) in [5.74, 6) is 0.500. The molecule has 2 atom stereocenters. The Bertz CT molecular complexity index is 402. The number of aliphatic hydroxyl groups is 1. The molecular formula is C12H14ClNO. The first-order valence-corrected chi connectivity index (χ1v) is 5.19. The molecule has 2 nitrogen and oxygen atoms in total. The lowest BCUT2D eigenvalue weighted by Crippen LogP contribution is -2.22. The van der Waals surface area contributed by atoms with Gasteiger partial charge in [-0.15, -0.1) is 12.4 Å². The van der Waals surface area contributed by atoms with E-state index < -0.39 is 0 Å². The first-order valence-electron chi connectivity index (χ1n) is 5.19. The molecule has 1 heterocycles. The van der Waals surface area contributed by atoms with Gasteiger partial charge in [-0.3, -0.25) is 4.99 Å². The molecule has 0 spiro atoms. The van der Waals surface area contributed by atoms with Gasteiger partial charge in [0.25, 0.3) is 0 Å². The smallest absolute Gasteiger partial charge is 0.0924 e. The van der Waals surface area contributed by atoms with Crippen molar-refractivity contribution in [1.82, 2.24) is 0 Å². The summed E-state index contributed by atoms with van der Waals surface area (Å²) < 4.78 is 0. The van der Waals surface area contributed by atoms with E-state index in [0.29, 0.717) is 5.92 Å². The lowest BCUT2D eigenvalue weighted by molar-refractivity contribution is 0.242. The molecule has 3 heteroatoms. The van der Waals surface area contributed by atoms with E-state index in [9.17, 15) is 5.11 Å². The maximum atomic E-state index is 9.72. The van der Waals surface area contributed by atoms with E-state index >= 15 is 0 Å². The highest BCUT2D eigenvalue weighted by atomic mass is 35.5. The van der Waals surface area contributed by atoms with Crippen LogP contribution in [0.5, 0.6) is 0 Å². The van der Waals surface area contributed by atoms with Crippen LogP contribution in [0.1, 0.15) is 18.4 Å². The number of fused-ring (bicyclic) bond motifs is 2. The van der Waals surface area contributed by atoms with Gasteiger partial charge in [-0.05, 0) is 30.9 Å². The third-order valence-electron chi connectivity index (χ3n) is 3.26. The van der Waals surface area contributed by atoms with Gasteiger partial charge in [0.05, 0.1) is 17.5 Å². The quantitative estimate of drug-likeness (QED) is 0.720. The average Bonchev–Trinajstić information content (AvgIpc) is 2.57. The Labute approximate surface area is 95.5 Å². The van der Waals surface area contributed by atoms with Gasteiger partial charge in [0.1, 0.15) is 0 Å². The van der Waals surface area contributed by atoms with Crippen molar-refractivity contribution in [2.45, 2.75) is 25.4 Å². The average molecular weight is 224 g/mol. The van der Waals surface area contributed by atoms with E-state index in [1.807, 2.05) is 12.1 Å². The van der Waals surface area contributed by atoms with Crippen LogP contribution in [0.4, 0.5) is 5.69 Å². The fourth-order valence-electron chi connectivity index (χ4n) is 2.50. The van der Waals surface area contributed by atoms with Crippen LogP contribution in [0, 0.1) is 5.92 Å². The van der Waals surface area contributed by atoms with Crippen LogP contribution >= 0.6 is 12.4 Å².